The van der Waals surface area contributed by atoms with Crippen LogP contribution < -0.4 is 5.32 Å². The van der Waals surface area contributed by atoms with Crippen molar-refractivity contribution in [2.75, 3.05) is 5.32 Å². The smallest absolute Gasteiger partial charge is 0.274 e. The Morgan fingerprint density at radius 2 is 1.96 bits per heavy atom. The third kappa shape index (κ3) is 3.22. The van der Waals surface area contributed by atoms with Gasteiger partial charge >= 0.3 is 0 Å². The van der Waals surface area contributed by atoms with Crippen LogP contribution in [0.4, 0.5) is 5.69 Å². The normalized spacial score (nSPS) is 10.9. The molecule has 0 atom stereocenters. The number of hydrogen-bond acceptors (Lipinski definition) is 2. The highest BCUT2D eigenvalue weighted by Gasteiger charge is 2.19. The summed E-state index contributed by atoms with van der Waals surface area (Å²) in [5, 5.41) is 3.51. The maximum absolute atomic E-state index is 12.8. The first-order valence-corrected chi connectivity index (χ1v) is 8.01. The molecule has 0 aliphatic carbocycles. The highest BCUT2D eigenvalue weighted by Crippen LogP contribution is 2.19. The number of hydrogen-bond donors (Lipinski definition) is 1. The summed E-state index contributed by atoms with van der Waals surface area (Å²) in [5.41, 5.74) is 3.98. The number of halogens is 1. The third-order valence-electron chi connectivity index (χ3n) is 3.67. The lowest BCUT2D eigenvalue weighted by molar-refractivity contribution is 0.102. The van der Waals surface area contributed by atoms with Gasteiger partial charge in [-0.2, -0.15) is 0 Å². The van der Waals surface area contributed by atoms with Crippen molar-refractivity contribution >= 4 is 28.8 Å². The van der Waals surface area contributed by atoms with Crippen LogP contribution >= 0.6 is 11.6 Å². The molecule has 0 aliphatic heterocycles. The third-order valence-corrected chi connectivity index (χ3v) is 3.89. The molecule has 1 aromatic carbocycles. The van der Waals surface area contributed by atoms with E-state index in [4.69, 9.17) is 11.6 Å². The molecule has 23 heavy (non-hydrogen) atoms. The number of benzene rings is 1. The first kappa shape index (κ1) is 15.6. The fraction of sp³-hybridized carbons (Fsp3) is 0.222. The number of carbonyl (C=O) groups is 1. The minimum Gasteiger partial charge on any atom is -0.321 e. The Balaban J connectivity index is 2.02. The number of fused-ring (bicyclic) bond motifs is 1. The number of aromatic nitrogens is 2. The van der Waals surface area contributed by atoms with Crippen LogP contribution in [0.5, 0.6) is 0 Å². The molecule has 0 spiro atoms. The van der Waals surface area contributed by atoms with Gasteiger partial charge in [0.25, 0.3) is 5.91 Å². The largest absolute Gasteiger partial charge is 0.321 e. The summed E-state index contributed by atoms with van der Waals surface area (Å²) in [6.45, 7) is 4.08. The van der Waals surface area contributed by atoms with Crippen molar-refractivity contribution in [1.82, 2.24) is 9.38 Å². The average Bonchev–Trinajstić information content (AvgIpc) is 2.87. The Morgan fingerprint density at radius 3 is 2.65 bits per heavy atom. The Kier molecular flexibility index (Phi) is 4.35. The molecular formula is C18H18ClN3O. The molecule has 3 aromatic rings. The van der Waals surface area contributed by atoms with E-state index in [0.717, 1.165) is 35.4 Å². The number of anilines is 1. The van der Waals surface area contributed by atoms with Gasteiger partial charge in [-0.1, -0.05) is 42.6 Å². The van der Waals surface area contributed by atoms with Gasteiger partial charge in [0.2, 0.25) is 0 Å². The van der Waals surface area contributed by atoms with Crippen LogP contribution in [0.3, 0.4) is 0 Å². The van der Waals surface area contributed by atoms with E-state index in [1.807, 2.05) is 37.3 Å². The molecule has 5 heteroatoms. The van der Waals surface area contributed by atoms with Crippen LogP contribution in [0.15, 0.2) is 42.6 Å². The lowest BCUT2D eigenvalue weighted by Gasteiger charge is -2.07. The number of nitrogens with one attached hydrogen (secondary N) is 1. The summed E-state index contributed by atoms with van der Waals surface area (Å²) in [6.07, 6.45) is 3.39. The molecule has 0 saturated carbocycles. The van der Waals surface area contributed by atoms with Gasteiger partial charge in [0.15, 0.2) is 0 Å². The summed E-state index contributed by atoms with van der Waals surface area (Å²) < 4.78 is 1.76. The van der Waals surface area contributed by atoms with Gasteiger partial charge in [0, 0.05) is 11.9 Å². The van der Waals surface area contributed by atoms with Gasteiger partial charge in [-0.15, -0.1) is 0 Å². The Labute approximate surface area is 140 Å². The number of aryl methyl sites for hydroxylation is 2. The molecule has 0 bridgehead atoms. The molecule has 1 N–H and O–H groups in total. The summed E-state index contributed by atoms with van der Waals surface area (Å²) in [7, 11) is 0. The average molecular weight is 328 g/mol. The SMILES string of the molecule is CCCc1nc2ccc(Cl)cn2c1C(=O)Nc1ccc(C)cc1. The van der Waals surface area contributed by atoms with Gasteiger partial charge in [-0.3, -0.25) is 9.20 Å². The van der Waals surface area contributed by atoms with Gasteiger partial charge in [-0.25, -0.2) is 4.98 Å². The van der Waals surface area contributed by atoms with Crippen molar-refractivity contribution in [2.24, 2.45) is 0 Å². The molecule has 3 rings (SSSR count). The summed E-state index contributed by atoms with van der Waals surface area (Å²) in [5.74, 6) is -0.174. The zero-order chi connectivity index (χ0) is 16.4. The van der Waals surface area contributed by atoms with E-state index in [1.165, 1.54) is 0 Å². The van der Waals surface area contributed by atoms with Crippen LogP contribution in [0, 0.1) is 6.92 Å². The highest BCUT2D eigenvalue weighted by molar-refractivity contribution is 6.30. The molecule has 0 aliphatic rings. The van der Waals surface area contributed by atoms with E-state index in [2.05, 4.69) is 17.2 Å². The number of rotatable bonds is 4. The van der Waals surface area contributed by atoms with Gasteiger partial charge in [0.05, 0.1) is 10.7 Å². The zero-order valence-electron chi connectivity index (χ0n) is 13.1. The van der Waals surface area contributed by atoms with Gasteiger partial charge in [-0.05, 0) is 37.6 Å². The monoisotopic (exact) mass is 327 g/mol. The predicted molar refractivity (Wildman–Crippen MR) is 93.3 cm³/mol. The first-order chi connectivity index (χ1) is 11.1. The number of carbonyl (C=O) groups excluding carboxylic acids is 1. The van der Waals surface area contributed by atoms with Crippen LogP contribution in [-0.2, 0) is 6.42 Å². The molecule has 1 amide bonds. The van der Waals surface area contributed by atoms with Crippen molar-refractivity contribution < 1.29 is 4.79 Å². The lowest BCUT2D eigenvalue weighted by atomic mass is 10.2. The van der Waals surface area contributed by atoms with Crippen LogP contribution in [-0.4, -0.2) is 15.3 Å². The van der Waals surface area contributed by atoms with E-state index in [-0.39, 0.29) is 5.91 Å². The molecule has 2 aromatic heterocycles. The van der Waals surface area contributed by atoms with E-state index in [9.17, 15) is 4.79 Å². The summed E-state index contributed by atoms with van der Waals surface area (Å²) >= 11 is 6.08. The van der Waals surface area contributed by atoms with Crippen LogP contribution in [0.2, 0.25) is 5.02 Å². The Morgan fingerprint density at radius 1 is 1.22 bits per heavy atom. The first-order valence-electron chi connectivity index (χ1n) is 7.63. The second-order valence-corrected chi connectivity index (χ2v) is 5.99. The van der Waals surface area contributed by atoms with Crippen molar-refractivity contribution in [3.05, 3.63) is 64.6 Å². The number of pyridine rings is 1. The topological polar surface area (TPSA) is 46.4 Å². The second kappa shape index (κ2) is 6.42. The quantitative estimate of drug-likeness (QED) is 0.766. The zero-order valence-corrected chi connectivity index (χ0v) is 13.9. The number of nitrogens with zero attached hydrogens (tertiary/aromatic N) is 2. The van der Waals surface area contributed by atoms with Crippen molar-refractivity contribution in [1.29, 1.82) is 0 Å². The fourth-order valence-electron chi connectivity index (χ4n) is 2.55. The Hall–Kier alpha value is -2.33. The van der Waals surface area contributed by atoms with E-state index in [1.54, 1.807) is 16.7 Å². The van der Waals surface area contributed by atoms with Crippen LogP contribution in [0.1, 0.15) is 35.1 Å². The maximum Gasteiger partial charge on any atom is 0.274 e. The van der Waals surface area contributed by atoms with Crippen molar-refractivity contribution in [3.63, 3.8) is 0 Å². The highest BCUT2D eigenvalue weighted by atomic mass is 35.5. The summed E-state index contributed by atoms with van der Waals surface area (Å²) in [6, 6.07) is 11.3. The molecular weight excluding hydrogens is 310 g/mol. The minimum atomic E-state index is -0.174. The van der Waals surface area contributed by atoms with Crippen molar-refractivity contribution in [2.45, 2.75) is 26.7 Å². The molecule has 0 unspecified atom stereocenters. The van der Waals surface area contributed by atoms with E-state index < -0.39 is 0 Å². The number of imidazole rings is 1. The standard InChI is InChI=1S/C18H18ClN3O/c1-3-4-15-17(22-11-13(19)7-10-16(22)21-15)18(23)20-14-8-5-12(2)6-9-14/h5-11H,3-4H2,1-2H3,(H,20,23). The second-order valence-electron chi connectivity index (χ2n) is 5.55. The fourth-order valence-corrected chi connectivity index (χ4v) is 2.71. The van der Waals surface area contributed by atoms with E-state index in [0.29, 0.717) is 10.7 Å². The molecule has 2 heterocycles. The predicted octanol–water partition coefficient (Wildman–Crippen LogP) is 4.50. The maximum atomic E-state index is 12.8. The molecule has 0 fully saturated rings. The van der Waals surface area contributed by atoms with Gasteiger partial charge < -0.3 is 5.32 Å². The number of amides is 1. The molecule has 4 nitrogen and oxygen atoms in total. The van der Waals surface area contributed by atoms with E-state index >= 15 is 0 Å². The lowest BCUT2D eigenvalue weighted by Crippen LogP contribution is -2.16. The van der Waals surface area contributed by atoms with Gasteiger partial charge in [0.1, 0.15) is 11.3 Å². The minimum absolute atomic E-state index is 0.174. The Bertz CT molecular complexity index is 853. The molecule has 0 radical (unpaired) electrons. The molecule has 0 saturated heterocycles. The van der Waals surface area contributed by atoms with Crippen molar-refractivity contribution in [3.8, 4) is 0 Å². The molecule has 118 valence electrons. The van der Waals surface area contributed by atoms with Crippen LogP contribution in [0.25, 0.3) is 5.65 Å². The summed E-state index contributed by atoms with van der Waals surface area (Å²) in [4.78, 5) is 17.3.